The summed E-state index contributed by atoms with van der Waals surface area (Å²) in [4.78, 5) is 0. The van der Waals surface area contributed by atoms with E-state index >= 15 is 0 Å². The molecular formula is C13H36S2. The first-order valence-electron chi connectivity index (χ1n) is 4.54. The Morgan fingerprint density at radius 1 is 0.867 bits per heavy atom. The van der Waals surface area contributed by atoms with Gasteiger partial charge in [-0.3, -0.25) is 0 Å². The Morgan fingerprint density at radius 3 is 1.73 bits per heavy atom. The molecule has 0 aliphatic heterocycles. The van der Waals surface area contributed by atoms with Crippen molar-refractivity contribution in [1.82, 2.24) is 0 Å². The Bertz CT molecular complexity index is 68.9. The van der Waals surface area contributed by atoms with E-state index in [2.05, 4.69) is 44.3 Å². The summed E-state index contributed by atoms with van der Waals surface area (Å²) >= 11 is 4.20. The van der Waals surface area contributed by atoms with Gasteiger partial charge >= 0.3 is 0 Å². The van der Waals surface area contributed by atoms with Gasteiger partial charge in [0.2, 0.25) is 0 Å². The molecule has 0 saturated heterocycles. The fourth-order valence-corrected chi connectivity index (χ4v) is 3.23. The van der Waals surface area contributed by atoms with E-state index in [0.29, 0.717) is 0 Å². The minimum absolute atomic E-state index is 0. The molecule has 0 heterocycles. The first kappa shape index (κ1) is 29.6. The van der Waals surface area contributed by atoms with E-state index in [1.54, 1.807) is 0 Å². The lowest BCUT2D eigenvalue weighted by atomic mass is 10.3. The first-order valence-corrected chi connectivity index (χ1v) is 6.74. The maximum Gasteiger partial charge on any atom is 0.0137 e. The highest BCUT2D eigenvalue weighted by Gasteiger charge is 2.05. The van der Waals surface area contributed by atoms with Crippen LogP contribution in [0.25, 0.3) is 0 Å². The van der Waals surface area contributed by atoms with Crippen molar-refractivity contribution in [2.75, 3.05) is 17.3 Å². The van der Waals surface area contributed by atoms with Crippen molar-refractivity contribution in [3.63, 3.8) is 0 Å². The molecule has 0 aromatic rings. The molecule has 0 aromatic carbocycles. The molecule has 100 valence electrons. The standard InChI is InChI=1S/C9H20S2.4CH4/c1-4-7-9(11-6-3)8-10-5-2;;;;/h9H,4-8H2,1-3H3;4*1H4. The van der Waals surface area contributed by atoms with E-state index in [9.17, 15) is 0 Å². The smallest absolute Gasteiger partial charge is 0.0137 e. The van der Waals surface area contributed by atoms with Crippen molar-refractivity contribution >= 4 is 23.5 Å². The lowest BCUT2D eigenvalue weighted by molar-refractivity contribution is 0.794. The normalized spacial score (nSPS) is 9.80. The summed E-state index contributed by atoms with van der Waals surface area (Å²) in [7, 11) is 0. The van der Waals surface area contributed by atoms with Crippen LogP contribution in [0.3, 0.4) is 0 Å². The first-order chi connectivity index (χ1) is 5.35. The van der Waals surface area contributed by atoms with E-state index < -0.39 is 0 Å². The van der Waals surface area contributed by atoms with Crippen molar-refractivity contribution in [3.05, 3.63) is 0 Å². The van der Waals surface area contributed by atoms with Crippen molar-refractivity contribution in [2.24, 2.45) is 0 Å². The van der Waals surface area contributed by atoms with Gasteiger partial charge in [0.1, 0.15) is 0 Å². The summed E-state index contributed by atoms with van der Waals surface area (Å²) in [5.74, 6) is 3.89. The highest BCUT2D eigenvalue weighted by Crippen LogP contribution is 2.20. The second-order valence-electron chi connectivity index (χ2n) is 2.53. The number of hydrogen-bond acceptors (Lipinski definition) is 2. The molecule has 0 nitrogen and oxygen atoms in total. The van der Waals surface area contributed by atoms with Gasteiger partial charge in [0.25, 0.3) is 0 Å². The topological polar surface area (TPSA) is 0 Å². The number of rotatable bonds is 7. The summed E-state index contributed by atoms with van der Waals surface area (Å²) < 4.78 is 0. The minimum Gasteiger partial charge on any atom is -0.161 e. The molecule has 0 aromatic heterocycles. The van der Waals surface area contributed by atoms with Gasteiger partial charge in [0.05, 0.1) is 0 Å². The van der Waals surface area contributed by atoms with Crippen LogP contribution in [-0.4, -0.2) is 22.5 Å². The molecule has 0 fully saturated rings. The van der Waals surface area contributed by atoms with E-state index in [-0.39, 0.29) is 29.7 Å². The summed E-state index contributed by atoms with van der Waals surface area (Å²) in [6.07, 6.45) is 2.73. The molecule has 1 atom stereocenters. The molecule has 0 aliphatic carbocycles. The van der Waals surface area contributed by atoms with Crippen LogP contribution in [0, 0.1) is 0 Å². The molecule has 0 radical (unpaired) electrons. The van der Waals surface area contributed by atoms with Gasteiger partial charge in [-0.25, -0.2) is 0 Å². The van der Waals surface area contributed by atoms with Crippen molar-refractivity contribution in [3.8, 4) is 0 Å². The number of hydrogen-bond donors (Lipinski definition) is 0. The largest absolute Gasteiger partial charge is 0.161 e. The molecule has 0 spiro atoms. The fourth-order valence-electron chi connectivity index (χ4n) is 1.02. The summed E-state index contributed by atoms with van der Waals surface area (Å²) in [6, 6.07) is 0. The van der Waals surface area contributed by atoms with Crippen LogP contribution < -0.4 is 0 Å². The summed E-state index contributed by atoms with van der Waals surface area (Å²) in [5, 5.41) is 0.912. The van der Waals surface area contributed by atoms with Crippen LogP contribution in [0.2, 0.25) is 0 Å². The zero-order valence-corrected chi connectivity index (χ0v) is 9.56. The highest BCUT2D eigenvalue weighted by molar-refractivity contribution is 8.03. The van der Waals surface area contributed by atoms with E-state index in [0.717, 1.165) is 5.25 Å². The predicted molar refractivity (Wildman–Crippen MR) is 86.8 cm³/mol. The Labute approximate surface area is 109 Å². The van der Waals surface area contributed by atoms with Gasteiger partial charge < -0.3 is 0 Å². The third-order valence-electron chi connectivity index (χ3n) is 1.52. The van der Waals surface area contributed by atoms with Crippen LogP contribution in [-0.2, 0) is 0 Å². The molecular weight excluding hydrogens is 220 g/mol. The van der Waals surface area contributed by atoms with Gasteiger partial charge in [-0.2, -0.15) is 23.5 Å². The van der Waals surface area contributed by atoms with Crippen LogP contribution in [0.5, 0.6) is 0 Å². The molecule has 0 bridgehead atoms. The minimum atomic E-state index is 0. The second-order valence-corrected chi connectivity index (χ2v) is 5.42. The average molecular weight is 257 g/mol. The van der Waals surface area contributed by atoms with Gasteiger partial charge in [-0.1, -0.05) is 56.9 Å². The molecule has 1 unspecified atom stereocenters. The molecule has 0 aliphatic rings. The molecule has 0 N–H and O–H groups in total. The van der Waals surface area contributed by atoms with Crippen LogP contribution in [0.15, 0.2) is 0 Å². The summed E-state index contributed by atoms with van der Waals surface area (Å²) in [5.41, 5.74) is 0. The van der Waals surface area contributed by atoms with Crippen molar-refractivity contribution in [2.45, 2.75) is 68.6 Å². The monoisotopic (exact) mass is 256 g/mol. The predicted octanol–water partition coefficient (Wildman–Crippen LogP) is 6.21. The zero-order valence-electron chi connectivity index (χ0n) is 7.93. The molecule has 0 rings (SSSR count). The maximum absolute atomic E-state index is 2.28. The Kier molecular flexibility index (Phi) is 47.6. The molecule has 15 heavy (non-hydrogen) atoms. The third-order valence-corrected chi connectivity index (χ3v) is 3.99. The SMILES string of the molecule is C.C.C.C.CCCC(CSCC)SCC. The average Bonchev–Trinajstić information content (AvgIpc) is 2.01. The Balaban J connectivity index is -0.0000000833. The van der Waals surface area contributed by atoms with Gasteiger partial charge in [-0.05, 0) is 17.9 Å². The summed E-state index contributed by atoms with van der Waals surface area (Å²) in [6.45, 7) is 6.77. The van der Waals surface area contributed by atoms with E-state index in [4.69, 9.17) is 0 Å². The van der Waals surface area contributed by atoms with E-state index in [1.165, 1.54) is 30.1 Å². The second kappa shape index (κ2) is 24.1. The Morgan fingerprint density at radius 2 is 1.40 bits per heavy atom. The molecule has 0 amide bonds. The molecule has 2 heteroatoms. The van der Waals surface area contributed by atoms with Crippen LogP contribution >= 0.6 is 23.5 Å². The fraction of sp³-hybridized carbons (Fsp3) is 1.00. The van der Waals surface area contributed by atoms with Gasteiger partial charge in [-0.15, -0.1) is 0 Å². The quantitative estimate of drug-likeness (QED) is 0.531. The van der Waals surface area contributed by atoms with E-state index in [1.807, 2.05) is 0 Å². The van der Waals surface area contributed by atoms with Crippen LogP contribution in [0.4, 0.5) is 0 Å². The maximum atomic E-state index is 2.28. The molecule has 0 saturated carbocycles. The van der Waals surface area contributed by atoms with Crippen LogP contribution in [0.1, 0.15) is 63.3 Å². The zero-order chi connectivity index (χ0) is 8.53. The lowest BCUT2D eigenvalue weighted by Gasteiger charge is -2.13. The van der Waals surface area contributed by atoms with Gasteiger partial charge in [0.15, 0.2) is 0 Å². The van der Waals surface area contributed by atoms with Crippen molar-refractivity contribution < 1.29 is 0 Å². The van der Waals surface area contributed by atoms with Gasteiger partial charge in [0, 0.05) is 11.0 Å². The number of thioether (sulfide) groups is 2. The Hall–Kier alpha value is 0.700. The lowest BCUT2D eigenvalue weighted by Crippen LogP contribution is -2.06. The highest BCUT2D eigenvalue weighted by atomic mass is 32.2. The van der Waals surface area contributed by atoms with Crippen molar-refractivity contribution in [1.29, 1.82) is 0 Å². The third kappa shape index (κ3) is 20.7.